The van der Waals surface area contributed by atoms with Gasteiger partial charge >= 0.3 is 0 Å². The van der Waals surface area contributed by atoms with Gasteiger partial charge in [0.25, 0.3) is 0 Å². The van der Waals surface area contributed by atoms with Crippen molar-refractivity contribution < 1.29 is 4.79 Å². The van der Waals surface area contributed by atoms with Gasteiger partial charge < -0.3 is 10.6 Å². The first-order chi connectivity index (χ1) is 9.99. The summed E-state index contributed by atoms with van der Waals surface area (Å²) in [5.74, 6) is 0.140. The summed E-state index contributed by atoms with van der Waals surface area (Å²) in [6.07, 6.45) is 0.470. The number of hydrogen-bond acceptors (Lipinski definition) is 2. The van der Waals surface area contributed by atoms with Crippen LogP contribution in [0.5, 0.6) is 0 Å². The second-order valence-corrected chi connectivity index (χ2v) is 6.55. The highest BCUT2D eigenvalue weighted by Gasteiger charge is 2.25. The SMILES string of the molecule is Cc1cccc(C(N)c2ccc3c(c2)CC(=O)N3C)c1I. The Morgan fingerprint density at radius 1 is 1.29 bits per heavy atom. The third-order valence-electron chi connectivity index (χ3n) is 4.10. The molecule has 2 N–H and O–H groups in total. The van der Waals surface area contributed by atoms with Gasteiger partial charge in [0, 0.05) is 16.3 Å². The highest BCUT2D eigenvalue weighted by molar-refractivity contribution is 14.1. The largest absolute Gasteiger partial charge is 0.320 e. The maximum absolute atomic E-state index is 11.8. The monoisotopic (exact) mass is 392 g/mol. The Morgan fingerprint density at radius 3 is 2.81 bits per heavy atom. The van der Waals surface area contributed by atoms with Crippen LogP contribution in [0.25, 0.3) is 0 Å². The number of amides is 1. The molecule has 2 aromatic rings. The molecule has 0 fully saturated rings. The van der Waals surface area contributed by atoms with E-state index in [1.54, 1.807) is 4.90 Å². The van der Waals surface area contributed by atoms with Crippen LogP contribution in [0.3, 0.4) is 0 Å². The Morgan fingerprint density at radius 2 is 2.05 bits per heavy atom. The molecule has 0 aliphatic carbocycles. The molecule has 1 unspecified atom stereocenters. The van der Waals surface area contributed by atoms with E-state index in [-0.39, 0.29) is 11.9 Å². The van der Waals surface area contributed by atoms with Crippen molar-refractivity contribution in [2.24, 2.45) is 5.73 Å². The lowest BCUT2D eigenvalue weighted by molar-refractivity contribution is -0.117. The molecule has 3 rings (SSSR count). The van der Waals surface area contributed by atoms with Crippen molar-refractivity contribution in [2.45, 2.75) is 19.4 Å². The number of nitrogens with zero attached hydrogens (tertiary/aromatic N) is 1. The number of likely N-dealkylation sites (N-methyl/N-ethyl adjacent to an activating group) is 1. The van der Waals surface area contributed by atoms with E-state index in [1.807, 2.05) is 25.2 Å². The first-order valence-corrected chi connectivity index (χ1v) is 7.97. The van der Waals surface area contributed by atoms with Gasteiger partial charge in [0.2, 0.25) is 5.91 Å². The predicted molar refractivity (Wildman–Crippen MR) is 93.5 cm³/mol. The van der Waals surface area contributed by atoms with Crippen LogP contribution in [-0.2, 0) is 11.2 Å². The summed E-state index contributed by atoms with van der Waals surface area (Å²) in [5, 5.41) is 0. The second kappa shape index (κ2) is 5.42. The molecular formula is C17H17IN2O. The normalized spacial score (nSPS) is 15.2. The Hall–Kier alpha value is -1.40. The standard InChI is InChI=1S/C17H17IN2O/c1-10-4-3-5-13(16(10)18)17(19)11-6-7-14-12(8-11)9-15(21)20(14)2/h3-8,17H,9,19H2,1-2H3. The van der Waals surface area contributed by atoms with Crippen LogP contribution in [0.2, 0.25) is 0 Å². The maximum atomic E-state index is 11.8. The average molecular weight is 392 g/mol. The van der Waals surface area contributed by atoms with E-state index in [2.05, 4.69) is 47.7 Å². The number of rotatable bonds is 2. The van der Waals surface area contributed by atoms with Gasteiger partial charge in [-0.3, -0.25) is 4.79 Å². The van der Waals surface area contributed by atoms with Gasteiger partial charge in [0.15, 0.2) is 0 Å². The van der Waals surface area contributed by atoms with Gasteiger partial charge in [-0.2, -0.15) is 0 Å². The Labute approximate surface area is 138 Å². The number of fused-ring (bicyclic) bond motifs is 1. The van der Waals surface area contributed by atoms with E-state index in [0.717, 1.165) is 22.4 Å². The van der Waals surface area contributed by atoms with Crippen LogP contribution in [0.1, 0.15) is 28.3 Å². The molecule has 1 heterocycles. The number of carbonyl (C=O) groups excluding carboxylic acids is 1. The fourth-order valence-electron chi connectivity index (χ4n) is 2.77. The fourth-order valence-corrected chi connectivity index (χ4v) is 3.47. The Kier molecular flexibility index (Phi) is 3.75. The van der Waals surface area contributed by atoms with Gasteiger partial charge in [-0.25, -0.2) is 0 Å². The third-order valence-corrected chi connectivity index (χ3v) is 5.57. The zero-order valence-corrected chi connectivity index (χ0v) is 14.2. The first kappa shape index (κ1) is 14.5. The summed E-state index contributed by atoms with van der Waals surface area (Å²) in [4.78, 5) is 13.5. The maximum Gasteiger partial charge on any atom is 0.231 e. The molecule has 4 heteroatoms. The Bertz CT molecular complexity index is 727. The smallest absolute Gasteiger partial charge is 0.231 e. The molecule has 1 aliphatic heterocycles. The van der Waals surface area contributed by atoms with Crippen molar-refractivity contribution in [3.8, 4) is 0 Å². The minimum absolute atomic E-state index is 0.140. The van der Waals surface area contributed by atoms with Gasteiger partial charge in [-0.1, -0.05) is 30.3 Å². The second-order valence-electron chi connectivity index (χ2n) is 5.47. The molecule has 1 amide bonds. The van der Waals surface area contributed by atoms with Gasteiger partial charge in [0.1, 0.15) is 0 Å². The molecular weight excluding hydrogens is 375 g/mol. The zero-order chi connectivity index (χ0) is 15.1. The van der Waals surface area contributed by atoms with Crippen molar-refractivity contribution in [3.05, 3.63) is 62.2 Å². The summed E-state index contributed by atoms with van der Waals surface area (Å²) in [7, 11) is 1.82. The van der Waals surface area contributed by atoms with E-state index < -0.39 is 0 Å². The highest BCUT2D eigenvalue weighted by atomic mass is 127. The van der Waals surface area contributed by atoms with Crippen LogP contribution in [0, 0.1) is 10.5 Å². The van der Waals surface area contributed by atoms with Gasteiger partial charge in [-0.05, 0) is 57.8 Å². The predicted octanol–water partition coefficient (Wildman–Crippen LogP) is 3.17. The molecule has 0 saturated heterocycles. The van der Waals surface area contributed by atoms with E-state index >= 15 is 0 Å². The van der Waals surface area contributed by atoms with E-state index in [9.17, 15) is 4.79 Å². The molecule has 0 bridgehead atoms. The zero-order valence-electron chi connectivity index (χ0n) is 12.1. The number of aryl methyl sites for hydroxylation is 1. The molecule has 21 heavy (non-hydrogen) atoms. The lowest BCUT2D eigenvalue weighted by Gasteiger charge is -2.17. The molecule has 0 spiro atoms. The van der Waals surface area contributed by atoms with Crippen molar-refractivity contribution in [1.82, 2.24) is 0 Å². The van der Waals surface area contributed by atoms with Crippen LogP contribution in [0.15, 0.2) is 36.4 Å². The lowest BCUT2D eigenvalue weighted by Crippen LogP contribution is -2.20. The number of benzene rings is 2. The number of carbonyl (C=O) groups is 1. The number of hydrogen-bond donors (Lipinski definition) is 1. The minimum atomic E-state index is -0.164. The molecule has 1 aliphatic rings. The summed E-state index contributed by atoms with van der Waals surface area (Å²) in [5.41, 5.74) is 11.9. The highest BCUT2D eigenvalue weighted by Crippen LogP contribution is 2.32. The van der Waals surface area contributed by atoms with Gasteiger partial charge in [0.05, 0.1) is 12.5 Å². The summed E-state index contributed by atoms with van der Waals surface area (Å²) in [6.45, 7) is 2.09. The molecule has 0 saturated carbocycles. The van der Waals surface area contributed by atoms with Crippen LogP contribution in [0.4, 0.5) is 5.69 Å². The third kappa shape index (κ3) is 2.46. The average Bonchev–Trinajstić information content (AvgIpc) is 2.76. The number of halogens is 1. The molecule has 1 atom stereocenters. The Balaban J connectivity index is 2.00. The molecule has 0 aromatic heterocycles. The van der Waals surface area contributed by atoms with Crippen molar-refractivity contribution >= 4 is 34.2 Å². The van der Waals surface area contributed by atoms with E-state index in [1.165, 1.54) is 9.13 Å². The van der Waals surface area contributed by atoms with Crippen molar-refractivity contribution in [1.29, 1.82) is 0 Å². The van der Waals surface area contributed by atoms with Crippen molar-refractivity contribution in [2.75, 3.05) is 11.9 Å². The van der Waals surface area contributed by atoms with Crippen LogP contribution >= 0.6 is 22.6 Å². The summed E-state index contributed by atoms with van der Waals surface area (Å²) < 4.78 is 1.20. The molecule has 108 valence electrons. The number of nitrogens with two attached hydrogens (primary N) is 1. The first-order valence-electron chi connectivity index (χ1n) is 6.89. The summed E-state index contributed by atoms with van der Waals surface area (Å²) in [6, 6.07) is 12.1. The quantitative estimate of drug-likeness (QED) is 0.799. The van der Waals surface area contributed by atoms with Crippen molar-refractivity contribution in [3.63, 3.8) is 0 Å². The lowest BCUT2D eigenvalue weighted by atomic mass is 9.96. The van der Waals surface area contributed by atoms with E-state index in [0.29, 0.717) is 6.42 Å². The number of anilines is 1. The van der Waals surface area contributed by atoms with Crippen LogP contribution in [-0.4, -0.2) is 13.0 Å². The topological polar surface area (TPSA) is 46.3 Å². The molecule has 2 aromatic carbocycles. The molecule has 0 radical (unpaired) electrons. The van der Waals surface area contributed by atoms with Gasteiger partial charge in [-0.15, -0.1) is 0 Å². The minimum Gasteiger partial charge on any atom is -0.320 e. The fraction of sp³-hybridized carbons (Fsp3) is 0.235. The molecule has 3 nitrogen and oxygen atoms in total. The van der Waals surface area contributed by atoms with E-state index in [4.69, 9.17) is 5.73 Å². The summed E-state index contributed by atoms with van der Waals surface area (Å²) >= 11 is 2.35. The van der Waals surface area contributed by atoms with Crippen LogP contribution < -0.4 is 10.6 Å².